The molecule has 0 saturated heterocycles. The fraction of sp³-hybridized carbons (Fsp3) is 0.125. The van der Waals surface area contributed by atoms with E-state index in [1.54, 1.807) is 16.8 Å². The molecule has 0 unspecified atom stereocenters. The summed E-state index contributed by atoms with van der Waals surface area (Å²) in [6.45, 7) is 2.33. The molecule has 0 saturated carbocycles. The van der Waals surface area contributed by atoms with E-state index in [-0.39, 0.29) is 11.4 Å². The maximum Gasteiger partial charge on any atom is 0.250 e. The molecule has 0 aliphatic carbocycles. The van der Waals surface area contributed by atoms with Crippen LogP contribution in [-0.2, 0) is 6.54 Å². The van der Waals surface area contributed by atoms with E-state index in [2.05, 4.69) is 5.16 Å². The topological polar surface area (TPSA) is 74.1 Å². The molecule has 106 valence electrons. The van der Waals surface area contributed by atoms with E-state index in [0.29, 0.717) is 12.2 Å². The Bertz CT molecular complexity index is 800. The molecule has 0 spiro atoms. The number of nitrogens with zero attached hydrogens (tertiary/aromatic N) is 2. The summed E-state index contributed by atoms with van der Waals surface area (Å²) in [5.74, 6) is 0.261. The van der Waals surface area contributed by atoms with Crippen molar-refractivity contribution in [3.05, 3.63) is 70.3 Å². The molecular formula is C16H15N3O2. The third-order valence-electron chi connectivity index (χ3n) is 3.36. The summed E-state index contributed by atoms with van der Waals surface area (Å²) in [6, 6.07) is 13.1. The van der Waals surface area contributed by atoms with Gasteiger partial charge in [-0.05, 0) is 18.6 Å². The molecule has 21 heavy (non-hydrogen) atoms. The molecule has 0 bridgehead atoms. The zero-order chi connectivity index (χ0) is 14.8. The normalized spacial score (nSPS) is 10.7. The minimum atomic E-state index is -0.0599. The summed E-state index contributed by atoms with van der Waals surface area (Å²) in [7, 11) is 0. The molecule has 0 amide bonds. The highest BCUT2D eigenvalue weighted by Gasteiger charge is 2.13. The lowest BCUT2D eigenvalue weighted by Gasteiger charge is -2.08. The third-order valence-corrected chi connectivity index (χ3v) is 3.36. The summed E-state index contributed by atoms with van der Waals surface area (Å²) >= 11 is 0. The first kappa shape index (κ1) is 13.2. The van der Waals surface area contributed by atoms with Gasteiger partial charge in [-0.1, -0.05) is 35.5 Å². The monoisotopic (exact) mass is 281 g/mol. The predicted octanol–water partition coefficient (Wildman–Crippen LogP) is 2.44. The molecule has 2 N–H and O–H groups in total. The van der Waals surface area contributed by atoms with E-state index < -0.39 is 0 Å². The van der Waals surface area contributed by atoms with Crippen molar-refractivity contribution in [2.24, 2.45) is 0 Å². The lowest BCUT2D eigenvalue weighted by Crippen LogP contribution is -2.19. The highest BCUT2D eigenvalue weighted by molar-refractivity contribution is 5.74. The van der Waals surface area contributed by atoms with Gasteiger partial charge in [0.2, 0.25) is 5.88 Å². The van der Waals surface area contributed by atoms with Crippen molar-refractivity contribution in [3.8, 4) is 11.1 Å². The number of hydrogen-bond donors (Lipinski definition) is 1. The molecule has 2 aromatic heterocycles. The van der Waals surface area contributed by atoms with Gasteiger partial charge in [0.05, 0.1) is 17.8 Å². The number of benzene rings is 1. The van der Waals surface area contributed by atoms with Crippen molar-refractivity contribution >= 4 is 5.88 Å². The molecule has 0 fully saturated rings. The van der Waals surface area contributed by atoms with Crippen LogP contribution in [-0.4, -0.2) is 9.72 Å². The van der Waals surface area contributed by atoms with Crippen LogP contribution in [0.2, 0.25) is 0 Å². The van der Waals surface area contributed by atoms with E-state index in [4.69, 9.17) is 10.3 Å². The van der Waals surface area contributed by atoms with Gasteiger partial charge >= 0.3 is 0 Å². The fourth-order valence-electron chi connectivity index (χ4n) is 2.32. The molecule has 0 atom stereocenters. The largest absolute Gasteiger partial charge is 0.367 e. The smallest absolute Gasteiger partial charge is 0.250 e. The average molecular weight is 281 g/mol. The van der Waals surface area contributed by atoms with Gasteiger partial charge < -0.3 is 14.8 Å². The second-order valence-corrected chi connectivity index (χ2v) is 4.88. The van der Waals surface area contributed by atoms with Crippen molar-refractivity contribution < 1.29 is 4.52 Å². The number of hydrogen-bond acceptors (Lipinski definition) is 4. The highest BCUT2D eigenvalue weighted by Crippen LogP contribution is 2.28. The van der Waals surface area contributed by atoms with E-state index in [0.717, 1.165) is 16.7 Å². The van der Waals surface area contributed by atoms with Gasteiger partial charge in [-0.25, -0.2) is 0 Å². The Hall–Kier alpha value is -2.82. The van der Waals surface area contributed by atoms with Gasteiger partial charge in [0.25, 0.3) is 5.56 Å². The summed E-state index contributed by atoms with van der Waals surface area (Å²) in [6.07, 6.45) is 1.78. The Labute approximate surface area is 121 Å². The first-order chi connectivity index (χ1) is 10.1. The molecule has 0 aliphatic rings. The maximum atomic E-state index is 12.0. The van der Waals surface area contributed by atoms with Gasteiger partial charge in [0, 0.05) is 17.8 Å². The molecule has 3 aromatic rings. The Morgan fingerprint density at radius 2 is 1.95 bits per heavy atom. The average Bonchev–Trinajstić information content (AvgIpc) is 2.82. The SMILES string of the molecule is Cc1noc(N)c1-c1ccc(=O)n(Cc2ccccc2)c1. The summed E-state index contributed by atoms with van der Waals surface area (Å²) in [5.41, 5.74) is 9.06. The van der Waals surface area contributed by atoms with Gasteiger partial charge in [-0.2, -0.15) is 0 Å². The second kappa shape index (κ2) is 5.28. The van der Waals surface area contributed by atoms with E-state index in [1.165, 1.54) is 6.07 Å². The zero-order valence-corrected chi connectivity index (χ0v) is 11.6. The number of aromatic nitrogens is 2. The zero-order valence-electron chi connectivity index (χ0n) is 11.6. The minimum absolute atomic E-state index is 0.0599. The number of aryl methyl sites for hydroxylation is 1. The van der Waals surface area contributed by atoms with Gasteiger partial charge in [-0.3, -0.25) is 4.79 Å². The minimum Gasteiger partial charge on any atom is -0.367 e. The van der Waals surface area contributed by atoms with Crippen molar-refractivity contribution in [1.82, 2.24) is 9.72 Å². The molecule has 5 nitrogen and oxygen atoms in total. The lowest BCUT2D eigenvalue weighted by atomic mass is 10.1. The van der Waals surface area contributed by atoms with Crippen LogP contribution in [0.1, 0.15) is 11.3 Å². The van der Waals surface area contributed by atoms with Crippen LogP contribution in [0.5, 0.6) is 0 Å². The van der Waals surface area contributed by atoms with Crippen molar-refractivity contribution in [1.29, 1.82) is 0 Å². The van der Waals surface area contributed by atoms with Gasteiger partial charge in [0.15, 0.2) is 0 Å². The Morgan fingerprint density at radius 1 is 1.19 bits per heavy atom. The number of nitrogens with two attached hydrogens (primary N) is 1. The molecular weight excluding hydrogens is 266 g/mol. The van der Waals surface area contributed by atoms with Gasteiger partial charge in [0.1, 0.15) is 0 Å². The number of rotatable bonds is 3. The number of pyridine rings is 1. The van der Waals surface area contributed by atoms with Crippen molar-refractivity contribution in [2.75, 3.05) is 5.73 Å². The second-order valence-electron chi connectivity index (χ2n) is 4.88. The summed E-state index contributed by atoms with van der Waals surface area (Å²) in [5, 5.41) is 3.84. The van der Waals surface area contributed by atoms with E-state index in [9.17, 15) is 4.79 Å². The fourth-order valence-corrected chi connectivity index (χ4v) is 2.32. The van der Waals surface area contributed by atoms with Crippen LogP contribution in [0, 0.1) is 6.92 Å². The molecule has 0 aliphatic heterocycles. The van der Waals surface area contributed by atoms with Crippen LogP contribution >= 0.6 is 0 Å². The molecule has 5 heteroatoms. The van der Waals surface area contributed by atoms with Crippen LogP contribution in [0.4, 0.5) is 5.88 Å². The van der Waals surface area contributed by atoms with Gasteiger partial charge in [-0.15, -0.1) is 0 Å². The van der Waals surface area contributed by atoms with Crippen LogP contribution in [0.15, 0.2) is 58.0 Å². The first-order valence-corrected chi connectivity index (χ1v) is 6.61. The molecule has 0 radical (unpaired) electrons. The Morgan fingerprint density at radius 3 is 2.62 bits per heavy atom. The van der Waals surface area contributed by atoms with E-state index in [1.807, 2.05) is 37.3 Å². The lowest BCUT2D eigenvalue weighted by molar-refractivity contribution is 0.431. The van der Waals surface area contributed by atoms with Crippen LogP contribution in [0.3, 0.4) is 0 Å². The van der Waals surface area contributed by atoms with Crippen LogP contribution < -0.4 is 11.3 Å². The summed E-state index contributed by atoms with van der Waals surface area (Å²) < 4.78 is 6.63. The van der Waals surface area contributed by atoms with Crippen molar-refractivity contribution in [2.45, 2.75) is 13.5 Å². The number of nitrogen functional groups attached to an aromatic ring is 1. The summed E-state index contributed by atoms with van der Waals surface area (Å²) in [4.78, 5) is 12.0. The Kier molecular flexibility index (Phi) is 3.31. The molecule has 1 aromatic carbocycles. The van der Waals surface area contributed by atoms with Crippen molar-refractivity contribution in [3.63, 3.8) is 0 Å². The number of anilines is 1. The predicted molar refractivity (Wildman–Crippen MR) is 80.9 cm³/mol. The quantitative estimate of drug-likeness (QED) is 0.800. The highest BCUT2D eigenvalue weighted by atomic mass is 16.5. The Balaban J connectivity index is 2.03. The third kappa shape index (κ3) is 2.58. The van der Waals surface area contributed by atoms with E-state index >= 15 is 0 Å². The standard InChI is InChI=1S/C16H15N3O2/c1-11-15(16(17)21-18-11)13-7-8-14(20)19(10-13)9-12-5-3-2-4-6-12/h2-8,10H,9,17H2,1H3. The molecule has 2 heterocycles. The molecule has 3 rings (SSSR count). The first-order valence-electron chi connectivity index (χ1n) is 6.61. The maximum absolute atomic E-state index is 12.0. The van der Waals surface area contributed by atoms with Crippen LogP contribution in [0.25, 0.3) is 11.1 Å².